The van der Waals surface area contributed by atoms with Gasteiger partial charge in [0.25, 0.3) is 0 Å². The lowest BCUT2D eigenvalue weighted by atomic mass is 10.2. The lowest BCUT2D eigenvalue weighted by Gasteiger charge is -2.17. The molecule has 1 aromatic heterocycles. The van der Waals surface area contributed by atoms with Crippen molar-refractivity contribution in [2.75, 3.05) is 13.1 Å². The normalized spacial score (nSPS) is 16.9. The highest BCUT2D eigenvalue weighted by atomic mass is 35.5. The summed E-state index contributed by atoms with van der Waals surface area (Å²) in [5.74, 6) is 0. The molecule has 3 rings (SSSR count). The molecule has 8 heteroatoms. The number of nitrogens with one attached hydrogen (secondary N) is 1. The zero-order valence-corrected chi connectivity index (χ0v) is 14.3. The number of hydrogen-bond donors (Lipinski definition) is 1. The first-order valence-electron chi connectivity index (χ1n) is 7.52. The predicted molar refractivity (Wildman–Crippen MR) is 91.3 cm³/mol. The van der Waals surface area contributed by atoms with Crippen LogP contribution in [0.4, 0.5) is 4.79 Å². The summed E-state index contributed by atoms with van der Waals surface area (Å²) < 4.78 is 5.67. The number of amides is 2. The molecule has 1 aliphatic rings. The monoisotopic (exact) mass is 366 g/mol. The Morgan fingerprint density at radius 2 is 2.12 bits per heavy atom. The molecule has 0 saturated carbocycles. The first-order chi connectivity index (χ1) is 11.6. The lowest BCUT2D eigenvalue weighted by Crippen LogP contribution is -2.39. The van der Waals surface area contributed by atoms with E-state index in [1.54, 1.807) is 41.6 Å². The second-order valence-corrected chi connectivity index (χ2v) is 6.24. The summed E-state index contributed by atoms with van der Waals surface area (Å²) in [6.45, 7) is 1.47. The Kier molecular flexibility index (Phi) is 5.37. The maximum atomic E-state index is 12.3. The molecule has 126 valence electrons. The lowest BCUT2D eigenvalue weighted by molar-refractivity contribution is 0.178. The van der Waals surface area contributed by atoms with Crippen molar-refractivity contribution in [2.45, 2.75) is 19.1 Å². The molecule has 24 heavy (non-hydrogen) atoms. The molecule has 2 amide bonds. The molecule has 0 radical (unpaired) electrons. The highest BCUT2D eigenvalue weighted by molar-refractivity contribution is 6.35. The fraction of sp³-hybridized carbons (Fsp3) is 0.312. The van der Waals surface area contributed by atoms with Crippen LogP contribution in [0.1, 0.15) is 12.0 Å². The molecule has 1 aromatic carbocycles. The highest BCUT2D eigenvalue weighted by Gasteiger charge is 2.28. The van der Waals surface area contributed by atoms with E-state index in [9.17, 15) is 4.79 Å². The fourth-order valence-electron chi connectivity index (χ4n) is 2.45. The third kappa shape index (κ3) is 4.27. The Balaban J connectivity index is 1.49. The number of rotatable bonds is 4. The molecule has 0 spiro atoms. The van der Waals surface area contributed by atoms with Crippen molar-refractivity contribution in [2.24, 2.45) is 0 Å². The molecule has 1 unspecified atom stereocenters. The van der Waals surface area contributed by atoms with Crippen LogP contribution in [0, 0.1) is 0 Å². The summed E-state index contributed by atoms with van der Waals surface area (Å²) in [7, 11) is 0. The summed E-state index contributed by atoms with van der Waals surface area (Å²) in [6.07, 6.45) is 3.89. The Morgan fingerprint density at radius 1 is 1.33 bits per heavy atom. The van der Waals surface area contributed by atoms with Gasteiger partial charge in [0.15, 0.2) is 0 Å². The third-order valence-corrected chi connectivity index (χ3v) is 4.28. The Hall–Kier alpha value is -2.05. The van der Waals surface area contributed by atoms with Gasteiger partial charge in [-0.2, -0.15) is 0 Å². The van der Waals surface area contributed by atoms with Crippen molar-refractivity contribution in [3.8, 4) is 6.01 Å². The summed E-state index contributed by atoms with van der Waals surface area (Å²) in [6, 6.07) is 7.11. The van der Waals surface area contributed by atoms with Gasteiger partial charge < -0.3 is 15.0 Å². The second-order valence-electron chi connectivity index (χ2n) is 5.40. The Morgan fingerprint density at radius 3 is 2.88 bits per heavy atom. The first-order valence-corrected chi connectivity index (χ1v) is 8.28. The molecule has 2 aromatic rings. The summed E-state index contributed by atoms with van der Waals surface area (Å²) >= 11 is 12.0. The molecule has 0 bridgehead atoms. The van der Waals surface area contributed by atoms with Crippen LogP contribution in [0.25, 0.3) is 0 Å². The van der Waals surface area contributed by atoms with Crippen LogP contribution in [-0.2, 0) is 6.54 Å². The van der Waals surface area contributed by atoms with Gasteiger partial charge in [0, 0.05) is 41.9 Å². The number of carbonyl (C=O) groups is 1. The minimum absolute atomic E-state index is 0.0998. The largest absolute Gasteiger partial charge is 0.458 e. The minimum atomic E-state index is -0.152. The van der Waals surface area contributed by atoms with Gasteiger partial charge in [0.1, 0.15) is 6.10 Å². The molecular formula is C16H16Cl2N4O2. The Labute approximate surface area is 149 Å². The molecule has 1 atom stereocenters. The van der Waals surface area contributed by atoms with Gasteiger partial charge in [-0.05, 0) is 23.8 Å². The molecule has 1 fully saturated rings. The van der Waals surface area contributed by atoms with Gasteiger partial charge >= 0.3 is 12.0 Å². The van der Waals surface area contributed by atoms with Crippen molar-refractivity contribution in [1.82, 2.24) is 20.2 Å². The number of ether oxygens (including phenoxy) is 1. The fourth-order valence-corrected chi connectivity index (χ4v) is 2.93. The average Bonchev–Trinajstić information content (AvgIpc) is 3.03. The summed E-state index contributed by atoms with van der Waals surface area (Å²) in [5, 5.41) is 3.96. The van der Waals surface area contributed by atoms with Crippen molar-refractivity contribution < 1.29 is 9.53 Å². The zero-order valence-electron chi connectivity index (χ0n) is 12.8. The second kappa shape index (κ2) is 7.68. The molecule has 2 heterocycles. The van der Waals surface area contributed by atoms with Gasteiger partial charge in [-0.15, -0.1) is 0 Å². The van der Waals surface area contributed by atoms with E-state index in [2.05, 4.69) is 15.3 Å². The van der Waals surface area contributed by atoms with Crippen LogP contribution in [0.3, 0.4) is 0 Å². The number of halogens is 2. The van der Waals surface area contributed by atoms with E-state index in [-0.39, 0.29) is 12.1 Å². The number of benzene rings is 1. The van der Waals surface area contributed by atoms with E-state index >= 15 is 0 Å². The zero-order chi connectivity index (χ0) is 16.9. The Bertz CT molecular complexity index is 714. The number of hydrogen-bond acceptors (Lipinski definition) is 4. The molecular weight excluding hydrogens is 351 g/mol. The van der Waals surface area contributed by atoms with Crippen molar-refractivity contribution >= 4 is 29.2 Å². The number of carbonyl (C=O) groups excluding carboxylic acids is 1. The van der Waals surface area contributed by atoms with Gasteiger partial charge in [-0.25, -0.2) is 14.8 Å². The van der Waals surface area contributed by atoms with Crippen LogP contribution >= 0.6 is 23.2 Å². The highest BCUT2D eigenvalue weighted by Crippen LogP contribution is 2.21. The van der Waals surface area contributed by atoms with Crippen molar-refractivity contribution in [3.63, 3.8) is 0 Å². The van der Waals surface area contributed by atoms with E-state index in [0.717, 1.165) is 12.0 Å². The molecule has 1 N–H and O–H groups in total. The quantitative estimate of drug-likeness (QED) is 0.902. The van der Waals surface area contributed by atoms with Crippen LogP contribution < -0.4 is 10.1 Å². The predicted octanol–water partition coefficient (Wildman–Crippen LogP) is 3.15. The number of likely N-dealkylation sites (tertiary alicyclic amines) is 1. The molecule has 1 saturated heterocycles. The van der Waals surface area contributed by atoms with E-state index in [1.165, 1.54) is 0 Å². The van der Waals surface area contributed by atoms with Gasteiger partial charge in [-0.1, -0.05) is 29.3 Å². The van der Waals surface area contributed by atoms with E-state index in [1.807, 2.05) is 0 Å². The number of urea groups is 1. The van der Waals surface area contributed by atoms with Crippen LogP contribution in [0.5, 0.6) is 6.01 Å². The maximum Gasteiger partial charge on any atom is 0.317 e. The van der Waals surface area contributed by atoms with E-state index in [0.29, 0.717) is 35.7 Å². The standard InChI is InChI=1S/C16H16Cl2N4O2/c17-12-3-2-11(14(18)8-12)9-21-16(23)22-7-4-13(10-22)24-15-19-5-1-6-20-15/h1-3,5-6,8,13H,4,7,9-10H2,(H,21,23). The minimum Gasteiger partial charge on any atom is -0.458 e. The SMILES string of the molecule is O=C(NCc1ccc(Cl)cc1Cl)N1CCC(Oc2ncccn2)C1. The van der Waals surface area contributed by atoms with Crippen LogP contribution in [0.15, 0.2) is 36.7 Å². The van der Waals surface area contributed by atoms with Crippen molar-refractivity contribution in [1.29, 1.82) is 0 Å². The first kappa shape index (κ1) is 16.8. The topological polar surface area (TPSA) is 67.4 Å². The average molecular weight is 367 g/mol. The molecule has 1 aliphatic heterocycles. The third-order valence-electron chi connectivity index (χ3n) is 3.69. The molecule has 6 nitrogen and oxygen atoms in total. The number of aromatic nitrogens is 2. The van der Waals surface area contributed by atoms with Gasteiger partial charge in [0.05, 0.1) is 6.54 Å². The van der Waals surface area contributed by atoms with Gasteiger partial charge in [0.2, 0.25) is 0 Å². The van der Waals surface area contributed by atoms with Gasteiger partial charge in [-0.3, -0.25) is 0 Å². The van der Waals surface area contributed by atoms with Crippen molar-refractivity contribution in [3.05, 3.63) is 52.3 Å². The summed E-state index contributed by atoms with van der Waals surface area (Å²) in [4.78, 5) is 22.0. The summed E-state index contributed by atoms with van der Waals surface area (Å²) in [5.41, 5.74) is 0.819. The molecule has 0 aliphatic carbocycles. The van der Waals surface area contributed by atoms with Crippen LogP contribution in [-0.4, -0.2) is 40.1 Å². The van der Waals surface area contributed by atoms with E-state index in [4.69, 9.17) is 27.9 Å². The smallest absolute Gasteiger partial charge is 0.317 e. The van der Waals surface area contributed by atoms with Crippen LogP contribution in [0.2, 0.25) is 10.0 Å². The number of nitrogens with zero attached hydrogens (tertiary/aromatic N) is 3. The maximum absolute atomic E-state index is 12.3. The van der Waals surface area contributed by atoms with E-state index < -0.39 is 0 Å².